The van der Waals surface area contributed by atoms with Gasteiger partial charge in [-0.15, -0.1) is 0 Å². The van der Waals surface area contributed by atoms with E-state index in [2.05, 4.69) is 5.32 Å². The SMILES string of the molecule is CCOc1ccc(C(=O)Oc2cccc(C(=O)NC3CC3)c2)cc1C. The number of amides is 1. The van der Waals surface area contributed by atoms with Crippen molar-refractivity contribution in [2.75, 3.05) is 6.61 Å². The fraction of sp³-hybridized carbons (Fsp3) is 0.300. The van der Waals surface area contributed by atoms with Crippen molar-refractivity contribution in [1.82, 2.24) is 5.32 Å². The summed E-state index contributed by atoms with van der Waals surface area (Å²) in [5.41, 5.74) is 1.79. The Balaban J connectivity index is 1.70. The number of benzene rings is 2. The molecular formula is C20H21NO4. The highest BCUT2D eigenvalue weighted by atomic mass is 16.5. The van der Waals surface area contributed by atoms with Crippen LogP contribution in [0.25, 0.3) is 0 Å². The van der Waals surface area contributed by atoms with Crippen LogP contribution in [0.5, 0.6) is 11.5 Å². The first-order valence-corrected chi connectivity index (χ1v) is 8.43. The molecule has 0 unspecified atom stereocenters. The van der Waals surface area contributed by atoms with Gasteiger partial charge in [-0.3, -0.25) is 4.79 Å². The van der Waals surface area contributed by atoms with Gasteiger partial charge in [-0.25, -0.2) is 4.79 Å². The number of aryl methyl sites for hydroxylation is 1. The van der Waals surface area contributed by atoms with Crippen molar-refractivity contribution in [2.24, 2.45) is 0 Å². The Hall–Kier alpha value is -2.82. The normalized spacial score (nSPS) is 13.2. The lowest BCUT2D eigenvalue weighted by molar-refractivity contribution is 0.0733. The number of ether oxygens (including phenoxy) is 2. The maximum atomic E-state index is 12.3. The molecule has 0 aromatic heterocycles. The second kappa shape index (κ2) is 7.38. The van der Waals surface area contributed by atoms with Crippen molar-refractivity contribution >= 4 is 11.9 Å². The van der Waals surface area contributed by atoms with Crippen LogP contribution in [0.15, 0.2) is 42.5 Å². The van der Waals surface area contributed by atoms with Crippen LogP contribution >= 0.6 is 0 Å². The molecule has 0 radical (unpaired) electrons. The van der Waals surface area contributed by atoms with E-state index in [0.29, 0.717) is 23.5 Å². The lowest BCUT2D eigenvalue weighted by Gasteiger charge is -2.10. The van der Waals surface area contributed by atoms with Gasteiger partial charge in [-0.05, 0) is 68.7 Å². The summed E-state index contributed by atoms with van der Waals surface area (Å²) < 4.78 is 10.9. The lowest BCUT2D eigenvalue weighted by Crippen LogP contribution is -2.25. The van der Waals surface area contributed by atoms with E-state index < -0.39 is 5.97 Å². The molecule has 2 aromatic carbocycles. The van der Waals surface area contributed by atoms with Crippen LogP contribution in [0.2, 0.25) is 0 Å². The summed E-state index contributed by atoms with van der Waals surface area (Å²) in [6.07, 6.45) is 2.05. The first-order chi connectivity index (χ1) is 12.1. The molecule has 1 amide bonds. The van der Waals surface area contributed by atoms with Gasteiger partial charge in [0.2, 0.25) is 0 Å². The number of esters is 1. The molecular weight excluding hydrogens is 318 g/mol. The van der Waals surface area contributed by atoms with E-state index in [1.165, 1.54) is 0 Å². The van der Waals surface area contributed by atoms with Crippen LogP contribution in [0.3, 0.4) is 0 Å². The quantitative estimate of drug-likeness (QED) is 0.646. The minimum absolute atomic E-state index is 0.141. The van der Waals surface area contributed by atoms with Crippen molar-refractivity contribution < 1.29 is 19.1 Å². The molecule has 0 atom stereocenters. The van der Waals surface area contributed by atoms with Crippen molar-refractivity contribution in [1.29, 1.82) is 0 Å². The monoisotopic (exact) mass is 339 g/mol. The fourth-order valence-electron chi connectivity index (χ4n) is 2.46. The predicted molar refractivity (Wildman–Crippen MR) is 94.2 cm³/mol. The number of hydrogen-bond donors (Lipinski definition) is 1. The molecule has 130 valence electrons. The van der Waals surface area contributed by atoms with Gasteiger partial charge in [0.05, 0.1) is 12.2 Å². The molecule has 0 bridgehead atoms. The zero-order valence-corrected chi connectivity index (χ0v) is 14.4. The standard InChI is InChI=1S/C20H21NO4/c1-3-24-18-10-7-15(11-13(18)2)20(23)25-17-6-4-5-14(12-17)19(22)21-16-8-9-16/h4-7,10-12,16H,3,8-9H2,1-2H3,(H,21,22). The molecule has 3 rings (SSSR count). The Morgan fingerprint density at radius 2 is 1.92 bits per heavy atom. The molecule has 2 aromatic rings. The number of hydrogen-bond acceptors (Lipinski definition) is 4. The highest BCUT2D eigenvalue weighted by Crippen LogP contribution is 2.22. The number of nitrogens with one attached hydrogen (secondary N) is 1. The Morgan fingerprint density at radius 3 is 2.60 bits per heavy atom. The second-order valence-electron chi connectivity index (χ2n) is 6.08. The van der Waals surface area contributed by atoms with Crippen molar-refractivity contribution in [3.63, 3.8) is 0 Å². The lowest BCUT2D eigenvalue weighted by atomic mass is 10.1. The molecule has 5 nitrogen and oxygen atoms in total. The van der Waals surface area contributed by atoms with E-state index >= 15 is 0 Å². The average Bonchev–Trinajstić information content (AvgIpc) is 3.41. The van der Waals surface area contributed by atoms with Gasteiger partial charge in [-0.1, -0.05) is 6.07 Å². The first kappa shape index (κ1) is 17.0. The molecule has 1 N–H and O–H groups in total. The molecule has 1 saturated carbocycles. The van der Waals surface area contributed by atoms with E-state index in [0.717, 1.165) is 24.2 Å². The Labute approximate surface area is 147 Å². The summed E-state index contributed by atoms with van der Waals surface area (Å²) in [4.78, 5) is 24.4. The van der Waals surface area contributed by atoms with Gasteiger partial charge >= 0.3 is 5.97 Å². The number of carbonyl (C=O) groups is 2. The van der Waals surface area contributed by atoms with E-state index in [9.17, 15) is 9.59 Å². The van der Waals surface area contributed by atoms with Gasteiger partial charge in [0.1, 0.15) is 11.5 Å². The summed E-state index contributed by atoms with van der Waals surface area (Å²) in [7, 11) is 0. The zero-order chi connectivity index (χ0) is 17.8. The molecule has 0 saturated heterocycles. The molecule has 5 heteroatoms. The zero-order valence-electron chi connectivity index (χ0n) is 14.4. The van der Waals surface area contributed by atoms with Crippen LogP contribution in [0.1, 0.15) is 46.0 Å². The molecule has 0 aliphatic heterocycles. The summed E-state index contributed by atoms with van der Waals surface area (Å²) >= 11 is 0. The second-order valence-corrected chi connectivity index (χ2v) is 6.08. The highest BCUT2D eigenvalue weighted by molar-refractivity contribution is 5.95. The van der Waals surface area contributed by atoms with Crippen LogP contribution in [-0.2, 0) is 0 Å². The van der Waals surface area contributed by atoms with Gasteiger partial charge in [0, 0.05) is 11.6 Å². The molecule has 1 fully saturated rings. The van der Waals surface area contributed by atoms with E-state index in [1.54, 1.807) is 42.5 Å². The minimum Gasteiger partial charge on any atom is -0.494 e. The third-order valence-electron chi connectivity index (χ3n) is 3.93. The van der Waals surface area contributed by atoms with Crippen LogP contribution in [0, 0.1) is 6.92 Å². The number of carbonyl (C=O) groups excluding carboxylic acids is 2. The van der Waals surface area contributed by atoms with Crippen molar-refractivity contribution in [3.05, 3.63) is 59.2 Å². The summed E-state index contributed by atoms with van der Waals surface area (Å²) in [6.45, 7) is 4.36. The van der Waals surface area contributed by atoms with Gasteiger partial charge < -0.3 is 14.8 Å². The van der Waals surface area contributed by atoms with E-state index in [-0.39, 0.29) is 11.9 Å². The van der Waals surface area contributed by atoms with Gasteiger partial charge in [0.15, 0.2) is 0 Å². The first-order valence-electron chi connectivity index (χ1n) is 8.43. The molecule has 25 heavy (non-hydrogen) atoms. The smallest absolute Gasteiger partial charge is 0.343 e. The summed E-state index contributed by atoms with van der Waals surface area (Å²) in [6, 6.07) is 12.1. The molecule has 0 heterocycles. The van der Waals surface area contributed by atoms with E-state index in [1.807, 2.05) is 13.8 Å². The Kier molecular flexibility index (Phi) is 5.03. The third-order valence-corrected chi connectivity index (χ3v) is 3.93. The summed E-state index contributed by atoms with van der Waals surface area (Å²) in [5, 5.41) is 2.91. The number of rotatable bonds is 6. The van der Waals surface area contributed by atoms with E-state index in [4.69, 9.17) is 9.47 Å². The third kappa shape index (κ3) is 4.38. The largest absolute Gasteiger partial charge is 0.494 e. The average molecular weight is 339 g/mol. The topological polar surface area (TPSA) is 64.6 Å². The molecule has 0 spiro atoms. The van der Waals surface area contributed by atoms with Crippen LogP contribution in [-0.4, -0.2) is 24.5 Å². The Bertz CT molecular complexity index is 796. The highest BCUT2D eigenvalue weighted by Gasteiger charge is 2.24. The predicted octanol–water partition coefficient (Wildman–Crippen LogP) is 3.51. The Morgan fingerprint density at radius 1 is 1.12 bits per heavy atom. The minimum atomic E-state index is -0.467. The maximum absolute atomic E-state index is 12.3. The molecule has 1 aliphatic rings. The van der Waals surface area contributed by atoms with Crippen LogP contribution < -0.4 is 14.8 Å². The van der Waals surface area contributed by atoms with Crippen molar-refractivity contribution in [2.45, 2.75) is 32.7 Å². The van der Waals surface area contributed by atoms with Crippen molar-refractivity contribution in [3.8, 4) is 11.5 Å². The van der Waals surface area contributed by atoms with Gasteiger partial charge in [-0.2, -0.15) is 0 Å². The summed E-state index contributed by atoms with van der Waals surface area (Å²) in [5.74, 6) is 0.487. The van der Waals surface area contributed by atoms with Gasteiger partial charge in [0.25, 0.3) is 5.91 Å². The fourth-order valence-corrected chi connectivity index (χ4v) is 2.46. The van der Waals surface area contributed by atoms with Crippen LogP contribution in [0.4, 0.5) is 0 Å². The molecule has 1 aliphatic carbocycles. The maximum Gasteiger partial charge on any atom is 0.343 e.